The molecule has 4 aromatic carbocycles. The van der Waals surface area contributed by atoms with Crippen LogP contribution in [0.4, 0.5) is 0 Å². The van der Waals surface area contributed by atoms with Crippen LogP contribution >= 0.6 is 0 Å². The van der Waals surface area contributed by atoms with Crippen LogP contribution in [0.3, 0.4) is 0 Å². The van der Waals surface area contributed by atoms with Crippen molar-refractivity contribution in [2.24, 2.45) is 10.3 Å². The molecule has 220 valence electrons. The molecule has 0 amide bonds. The Kier molecular flexibility index (Phi) is 7.47. The predicted octanol–water partition coefficient (Wildman–Crippen LogP) is 9.45. The number of ether oxygens (including phenoxy) is 1. The molecule has 0 bridgehead atoms. The zero-order valence-electron chi connectivity index (χ0n) is 25.6. The molecule has 1 aliphatic rings. The number of unbranched alkanes of at least 4 members (excludes halogenated alkanes) is 3. The number of methoxy groups -OCH3 is 1. The first-order valence-corrected chi connectivity index (χ1v) is 15.1. The molecule has 0 aliphatic heterocycles. The van der Waals surface area contributed by atoms with Gasteiger partial charge in [0.05, 0.1) is 29.6 Å². The number of hydrogen-bond donors (Lipinski definition) is 2. The third-order valence-corrected chi connectivity index (χ3v) is 9.40. The second-order valence-corrected chi connectivity index (χ2v) is 12.0. The maximum atomic E-state index is 9.53. The van der Waals surface area contributed by atoms with Crippen LogP contribution in [-0.4, -0.2) is 33.5 Å². The lowest BCUT2D eigenvalue weighted by Crippen LogP contribution is -2.20. The van der Waals surface area contributed by atoms with Gasteiger partial charge in [0, 0.05) is 21.9 Å². The highest BCUT2D eigenvalue weighted by Gasteiger charge is 2.40. The van der Waals surface area contributed by atoms with E-state index in [9.17, 15) is 10.4 Å². The van der Waals surface area contributed by atoms with Gasteiger partial charge in [0.25, 0.3) is 0 Å². The Bertz CT molecular complexity index is 1900. The Balaban J connectivity index is 1.64. The Morgan fingerprint density at radius 1 is 0.744 bits per heavy atom. The molecule has 43 heavy (non-hydrogen) atoms. The normalized spacial score (nSPS) is 16.6. The number of hydrogen-bond acceptors (Lipinski definition) is 5. The van der Waals surface area contributed by atoms with Crippen molar-refractivity contribution in [1.82, 2.24) is 4.57 Å². The number of fused-ring (bicyclic) bond motifs is 6. The summed E-state index contributed by atoms with van der Waals surface area (Å²) in [6.45, 7) is 8.26. The molecule has 0 spiro atoms. The molecular formula is C37H39N3O3. The standard InChI is InChI=1S/C37H39N3O3/c1-6-7-8-9-18-37(4)33-20-28(43-5)15-16-29(33)30-21-32-31-19-26(24(3)39-42)12-17-35(31)40(36(32)22-34(30)37)27-13-10-25(11-14-27)23(2)38-41/h10-17,19-22,41-42H,6-9,18H2,1-5H3/b38-23-,39-24-. The van der Waals surface area contributed by atoms with Crippen LogP contribution in [0.1, 0.15) is 82.1 Å². The molecular weight excluding hydrogens is 534 g/mol. The molecule has 0 saturated carbocycles. The summed E-state index contributed by atoms with van der Waals surface area (Å²) >= 11 is 0. The summed E-state index contributed by atoms with van der Waals surface area (Å²) in [6.07, 6.45) is 5.91. The topological polar surface area (TPSA) is 79.3 Å². The summed E-state index contributed by atoms with van der Waals surface area (Å²) in [6, 6.07) is 25.7. The van der Waals surface area contributed by atoms with Crippen LogP contribution in [0.2, 0.25) is 0 Å². The summed E-state index contributed by atoms with van der Waals surface area (Å²) in [7, 11) is 1.74. The Labute approximate surface area is 252 Å². The van der Waals surface area contributed by atoms with Gasteiger partial charge in [-0.05, 0) is 102 Å². The van der Waals surface area contributed by atoms with Crippen molar-refractivity contribution in [3.63, 3.8) is 0 Å². The minimum atomic E-state index is -0.147. The molecule has 1 aliphatic carbocycles. The van der Waals surface area contributed by atoms with E-state index in [4.69, 9.17) is 4.74 Å². The fourth-order valence-corrected chi connectivity index (χ4v) is 6.88. The minimum Gasteiger partial charge on any atom is -0.497 e. The molecule has 1 atom stereocenters. The lowest BCUT2D eigenvalue weighted by atomic mass is 9.76. The van der Waals surface area contributed by atoms with E-state index in [1.165, 1.54) is 41.5 Å². The van der Waals surface area contributed by atoms with Gasteiger partial charge in [0.1, 0.15) is 5.75 Å². The summed E-state index contributed by atoms with van der Waals surface area (Å²) in [4.78, 5) is 0. The smallest absolute Gasteiger partial charge is 0.119 e. The van der Waals surface area contributed by atoms with E-state index < -0.39 is 0 Å². The van der Waals surface area contributed by atoms with E-state index in [2.05, 4.69) is 83.3 Å². The van der Waals surface area contributed by atoms with Crippen molar-refractivity contribution in [2.45, 2.75) is 65.2 Å². The fourth-order valence-electron chi connectivity index (χ4n) is 6.88. The van der Waals surface area contributed by atoms with Crippen molar-refractivity contribution in [3.8, 4) is 22.6 Å². The van der Waals surface area contributed by atoms with Crippen molar-refractivity contribution in [3.05, 3.63) is 95.1 Å². The van der Waals surface area contributed by atoms with Crippen LogP contribution in [-0.2, 0) is 5.41 Å². The van der Waals surface area contributed by atoms with Gasteiger partial charge in [0.2, 0.25) is 0 Å². The summed E-state index contributed by atoms with van der Waals surface area (Å²) in [5.74, 6) is 0.885. The highest BCUT2D eigenvalue weighted by atomic mass is 16.5. The van der Waals surface area contributed by atoms with Crippen LogP contribution in [0.15, 0.2) is 83.1 Å². The molecule has 0 saturated heterocycles. The van der Waals surface area contributed by atoms with Crippen molar-refractivity contribution >= 4 is 33.2 Å². The maximum Gasteiger partial charge on any atom is 0.119 e. The largest absolute Gasteiger partial charge is 0.497 e. The van der Waals surface area contributed by atoms with Crippen LogP contribution < -0.4 is 4.74 Å². The number of nitrogens with zero attached hydrogens (tertiary/aromatic N) is 3. The van der Waals surface area contributed by atoms with E-state index in [0.29, 0.717) is 11.4 Å². The second kappa shape index (κ2) is 11.3. The van der Waals surface area contributed by atoms with Crippen LogP contribution in [0.5, 0.6) is 5.75 Å². The molecule has 6 nitrogen and oxygen atoms in total. The Hall–Kier alpha value is -4.58. The van der Waals surface area contributed by atoms with Gasteiger partial charge in [-0.1, -0.05) is 74.1 Å². The first-order valence-electron chi connectivity index (χ1n) is 15.1. The molecule has 1 aromatic heterocycles. The zero-order valence-corrected chi connectivity index (χ0v) is 25.6. The molecule has 6 rings (SSSR count). The van der Waals surface area contributed by atoms with E-state index in [1.54, 1.807) is 14.0 Å². The quantitative estimate of drug-likeness (QED) is 0.0798. The number of benzene rings is 4. The lowest BCUT2D eigenvalue weighted by Gasteiger charge is -2.28. The van der Waals surface area contributed by atoms with E-state index in [1.807, 2.05) is 25.1 Å². The Morgan fingerprint density at radius 3 is 2.12 bits per heavy atom. The fraction of sp³-hybridized carbons (Fsp3) is 0.297. The third-order valence-electron chi connectivity index (χ3n) is 9.40. The van der Waals surface area contributed by atoms with Gasteiger partial charge in [-0.25, -0.2) is 0 Å². The summed E-state index contributed by atoms with van der Waals surface area (Å²) in [5.41, 5.74) is 11.2. The minimum absolute atomic E-state index is 0.147. The molecule has 0 radical (unpaired) electrons. The molecule has 0 fully saturated rings. The van der Waals surface area contributed by atoms with Gasteiger partial charge in [-0.2, -0.15) is 0 Å². The first-order chi connectivity index (χ1) is 20.8. The second-order valence-electron chi connectivity index (χ2n) is 12.0. The highest BCUT2D eigenvalue weighted by molar-refractivity contribution is 6.14. The monoisotopic (exact) mass is 573 g/mol. The zero-order chi connectivity index (χ0) is 30.3. The molecule has 5 aromatic rings. The van der Waals surface area contributed by atoms with Gasteiger partial charge in [0.15, 0.2) is 0 Å². The van der Waals surface area contributed by atoms with Gasteiger partial charge < -0.3 is 19.7 Å². The van der Waals surface area contributed by atoms with Crippen LogP contribution in [0.25, 0.3) is 38.6 Å². The summed E-state index contributed by atoms with van der Waals surface area (Å²) in [5, 5.41) is 27.9. The highest BCUT2D eigenvalue weighted by Crippen LogP contribution is 2.54. The van der Waals surface area contributed by atoms with Crippen molar-refractivity contribution < 1.29 is 15.2 Å². The predicted molar refractivity (Wildman–Crippen MR) is 176 cm³/mol. The molecule has 2 N–H and O–H groups in total. The van der Waals surface area contributed by atoms with E-state index in [0.717, 1.165) is 57.2 Å². The first kappa shape index (κ1) is 28.5. The lowest BCUT2D eigenvalue weighted by molar-refractivity contribution is 0.319. The Morgan fingerprint density at radius 2 is 1.42 bits per heavy atom. The molecule has 6 heteroatoms. The van der Waals surface area contributed by atoms with E-state index >= 15 is 0 Å². The van der Waals surface area contributed by atoms with Gasteiger partial charge >= 0.3 is 0 Å². The average Bonchev–Trinajstić information content (AvgIpc) is 3.49. The number of rotatable bonds is 9. The third kappa shape index (κ3) is 4.66. The van der Waals surface area contributed by atoms with Gasteiger partial charge in [-0.15, -0.1) is 0 Å². The van der Waals surface area contributed by atoms with Crippen molar-refractivity contribution in [1.29, 1.82) is 0 Å². The number of oxime groups is 2. The molecule has 1 unspecified atom stereocenters. The summed E-state index contributed by atoms with van der Waals surface area (Å²) < 4.78 is 8.01. The SMILES string of the molecule is CCCCCCC1(C)c2cc(OC)ccc2-c2cc3c4cc(/C(C)=N\O)ccc4n(-c4ccc(/C(C)=N\O)cc4)c3cc21. The maximum absolute atomic E-state index is 9.53. The number of aromatic nitrogens is 1. The van der Waals surface area contributed by atoms with Crippen LogP contribution in [0, 0.1) is 0 Å². The van der Waals surface area contributed by atoms with Crippen molar-refractivity contribution in [2.75, 3.05) is 7.11 Å². The molecule has 1 heterocycles. The van der Waals surface area contributed by atoms with Gasteiger partial charge in [-0.3, -0.25) is 0 Å². The van der Waals surface area contributed by atoms with E-state index in [-0.39, 0.29) is 5.41 Å². The average molecular weight is 574 g/mol.